The number of quaternary nitrogens is 1. The van der Waals surface area contributed by atoms with E-state index in [0.29, 0.717) is 43.5 Å². The lowest BCUT2D eigenvalue weighted by molar-refractivity contribution is -0.849. The maximum Gasteiger partial charge on any atom is 0.278 e. The number of fused-ring (bicyclic) bond motifs is 2. The maximum absolute atomic E-state index is 12.9. The van der Waals surface area contributed by atoms with E-state index < -0.39 is 0 Å². The predicted octanol–water partition coefficient (Wildman–Crippen LogP) is 0.728. The number of ether oxygens (including phenoxy) is 4. The third kappa shape index (κ3) is 3.99. The Bertz CT molecular complexity index is 854. The van der Waals surface area contributed by atoms with Crippen LogP contribution in [0.4, 0.5) is 0 Å². The van der Waals surface area contributed by atoms with E-state index in [0.717, 1.165) is 16.2 Å². The van der Waals surface area contributed by atoms with E-state index in [1.54, 1.807) is 0 Å². The summed E-state index contributed by atoms with van der Waals surface area (Å²) in [6.07, 6.45) is -0.232. The van der Waals surface area contributed by atoms with Crippen molar-refractivity contribution in [2.75, 3.05) is 40.6 Å². The lowest BCUT2D eigenvalue weighted by Gasteiger charge is -2.31. The average molecular weight is 385 g/mol. The molecule has 1 atom stereocenters. The Hall–Kier alpha value is -2.93. The molecule has 2 aromatic carbocycles. The summed E-state index contributed by atoms with van der Waals surface area (Å²) in [4.78, 5) is 15.8. The fourth-order valence-electron chi connectivity index (χ4n) is 3.39. The molecule has 0 bridgehead atoms. The summed E-state index contributed by atoms with van der Waals surface area (Å²) >= 11 is 0. The summed E-state index contributed by atoms with van der Waals surface area (Å²) in [7, 11) is 3.92. The summed E-state index contributed by atoms with van der Waals surface area (Å²) in [6, 6.07) is 13.3. The van der Waals surface area contributed by atoms with Crippen molar-refractivity contribution in [3.63, 3.8) is 0 Å². The Morgan fingerprint density at radius 1 is 1.04 bits per heavy atom. The molecule has 2 aromatic rings. The van der Waals surface area contributed by atoms with Crippen LogP contribution in [0.2, 0.25) is 0 Å². The molecular weight excluding hydrogens is 360 g/mol. The number of carbonyl (C=O) groups is 1. The molecule has 0 saturated heterocycles. The fraction of sp³-hybridized carbons (Fsp3) is 0.381. The van der Waals surface area contributed by atoms with Crippen LogP contribution in [0, 0.1) is 0 Å². The molecule has 0 saturated carbocycles. The zero-order valence-electron chi connectivity index (χ0n) is 16.1. The van der Waals surface area contributed by atoms with E-state index in [1.165, 1.54) is 0 Å². The van der Waals surface area contributed by atoms with E-state index in [-0.39, 0.29) is 18.8 Å². The van der Waals surface area contributed by atoms with Crippen LogP contribution >= 0.6 is 0 Å². The monoisotopic (exact) mass is 385 g/mol. The largest absolute Gasteiger partial charge is 0.486 e. The number of amides is 1. The summed E-state index contributed by atoms with van der Waals surface area (Å²) in [6.45, 7) is 1.88. The van der Waals surface area contributed by atoms with Crippen LogP contribution in [-0.4, -0.2) is 57.5 Å². The molecule has 0 aliphatic carbocycles. The lowest BCUT2D eigenvalue weighted by Crippen LogP contribution is -3.07. The van der Waals surface area contributed by atoms with Crippen molar-refractivity contribution >= 4 is 5.91 Å². The molecule has 2 aliphatic rings. The van der Waals surface area contributed by atoms with Gasteiger partial charge in [0.15, 0.2) is 35.6 Å². The number of hydrogen-bond acceptors (Lipinski definition) is 5. The van der Waals surface area contributed by atoms with Crippen LogP contribution in [0.15, 0.2) is 42.5 Å². The molecule has 0 radical (unpaired) electrons. The van der Waals surface area contributed by atoms with Gasteiger partial charge in [0.05, 0.1) is 20.6 Å². The van der Waals surface area contributed by atoms with Gasteiger partial charge in [-0.3, -0.25) is 4.79 Å². The van der Waals surface area contributed by atoms with Gasteiger partial charge in [-0.05, 0) is 18.2 Å². The highest BCUT2D eigenvalue weighted by Crippen LogP contribution is 2.36. The normalized spacial score (nSPS) is 16.9. The Kier molecular flexibility index (Phi) is 5.25. The first-order valence-electron chi connectivity index (χ1n) is 9.43. The maximum atomic E-state index is 12.9. The molecule has 7 nitrogen and oxygen atoms in total. The molecule has 1 N–H and O–H groups in total. The van der Waals surface area contributed by atoms with Gasteiger partial charge in [-0.2, -0.15) is 0 Å². The number of carbonyl (C=O) groups excluding carboxylic acids is 1. The van der Waals surface area contributed by atoms with Crippen molar-refractivity contribution in [2.45, 2.75) is 12.6 Å². The third-order valence-electron chi connectivity index (χ3n) is 4.69. The summed E-state index contributed by atoms with van der Waals surface area (Å²) < 4.78 is 22.9. The molecule has 4 rings (SSSR count). The van der Waals surface area contributed by atoms with Crippen molar-refractivity contribution in [1.29, 1.82) is 0 Å². The van der Waals surface area contributed by atoms with Crippen molar-refractivity contribution < 1.29 is 28.6 Å². The van der Waals surface area contributed by atoms with Gasteiger partial charge in [0, 0.05) is 12.1 Å². The standard InChI is InChI=1S/C21H24N2O5/c1-22(2)12-20(24)23(10-15-6-5-9-19-21(15)27-14-26-19)11-16-13-25-17-7-3-4-8-18(17)28-16/h3-9,16H,10-14H2,1-2H3/p+1/t16-/m0/s1. The minimum Gasteiger partial charge on any atom is -0.486 e. The topological polar surface area (TPSA) is 61.7 Å². The third-order valence-corrected chi connectivity index (χ3v) is 4.69. The number of benzene rings is 2. The van der Waals surface area contributed by atoms with Crippen molar-refractivity contribution in [3.05, 3.63) is 48.0 Å². The number of hydrogen-bond donors (Lipinski definition) is 1. The molecule has 0 spiro atoms. The van der Waals surface area contributed by atoms with Gasteiger partial charge < -0.3 is 28.7 Å². The van der Waals surface area contributed by atoms with E-state index >= 15 is 0 Å². The summed E-state index contributed by atoms with van der Waals surface area (Å²) in [5.74, 6) is 2.93. The minimum atomic E-state index is -0.232. The second kappa shape index (κ2) is 7.98. The van der Waals surface area contributed by atoms with E-state index in [1.807, 2.05) is 61.5 Å². The second-order valence-electron chi connectivity index (χ2n) is 7.31. The first kappa shape index (κ1) is 18.4. The Labute approximate surface area is 164 Å². The number of nitrogens with one attached hydrogen (secondary N) is 1. The number of nitrogens with zero attached hydrogens (tertiary/aromatic N) is 1. The predicted molar refractivity (Wildman–Crippen MR) is 102 cm³/mol. The second-order valence-corrected chi connectivity index (χ2v) is 7.31. The zero-order valence-corrected chi connectivity index (χ0v) is 16.1. The Morgan fingerprint density at radius 3 is 2.64 bits per heavy atom. The molecule has 0 unspecified atom stereocenters. The number of para-hydroxylation sites is 3. The van der Waals surface area contributed by atoms with Crippen molar-refractivity contribution in [1.82, 2.24) is 4.90 Å². The molecule has 0 aromatic heterocycles. The number of likely N-dealkylation sites (N-methyl/N-ethyl adjacent to an activating group) is 1. The van der Waals surface area contributed by atoms with Gasteiger partial charge in [0.2, 0.25) is 6.79 Å². The van der Waals surface area contributed by atoms with Crippen LogP contribution < -0.4 is 23.8 Å². The Balaban J connectivity index is 1.51. The van der Waals surface area contributed by atoms with Gasteiger partial charge >= 0.3 is 0 Å². The van der Waals surface area contributed by atoms with E-state index in [4.69, 9.17) is 18.9 Å². The first-order chi connectivity index (χ1) is 13.6. The molecule has 7 heteroatoms. The summed E-state index contributed by atoms with van der Waals surface area (Å²) in [5, 5.41) is 0. The van der Waals surface area contributed by atoms with Gasteiger partial charge in [-0.1, -0.05) is 24.3 Å². The Morgan fingerprint density at radius 2 is 1.82 bits per heavy atom. The van der Waals surface area contributed by atoms with Gasteiger partial charge in [0.25, 0.3) is 5.91 Å². The van der Waals surface area contributed by atoms with Crippen LogP contribution in [-0.2, 0) is 11.3 Å². The quantitative estimate of drug-likeness (QED) is 0.794. The van der Waals surface area contributed by atoms with Crippen molar-refractivity contribution in [2.24, 2.45) is 0 Å². The lowest BCUT2D eigenvalue weighted by atomic mass is 10.1. The van der Waals surface area contributed by atoms with Crippen LogP contribution in [0.1, 0.15) is 5.56 Å². The SMILES string of the molecule is C[NH+](C)CC(=O)N(Cc1cccc2c1OCO2)C[C@H]1COc2ccccc2O1. The van der Waals surface area contributed by atoms with Crippen molar-refractivity contribution in [3.8, 4) is 23.0 Å². The smallest absolute Gasteiger partial charge is 0.278 e. The zero-order chi connectivity index (χ0) is 19.5. The molecule has 148 valence electrons. The fourth-order valence-corrected chi connectivity index (χ4v) is 3.39. The molecule has 2 heterocycles. The minimum absolute atomic E-state index is 0.0546. The summed E-state index contributed by atoms with van der Waals surface area (Å²) in [5.41, 5.74) is 0.925. The molecule has 2 aliphatic heterocycles. The highest BCUT2D eigenvalue weighted by Gasteiger charge is 2.28. The van der Waals surface area contributed by atoms with Gasteiger partial charge in [-0.15, -0.1) is 0 Å². The van der Waals surface area contributed by atoms with Gasteiger partial charge in [-0.25, -0.2) is 0 Å². The van der Waals surface area contributed by atoms with Gasteiger partial charge in [0.1, 0.15) is 6.61 Å². The highest BCUT2D eigenvalue weighted by atomic mass is 16.7. The molecule has 0 fully saturated rings. The van der Waals surface area contributed by atoms with E-state index in [9.17, 15) is 4.79 Å². The highest BCUT2D eigenvalue weighted by molar-refractivity contribution is 5.77. The molecule has 1 amide bonds. The number of rotatable bonds is 6. The van der Waals surface area contributed by atoms with E-state index in [2.05, 4.69) is 0 Å². The molecular formula is C21H25N2O5+. The average Bonchev–Trinajstić information content (AvgIpc) is 3.16. The van der Waals surface area contributed by atoms with Crippen LogP contribution in [0.25, 0.3) is 0 Å². The van der Waals surface area contributed by atoms with Crippen LogP contribution in [0.3, 0.4) is 0 Å². The molecule has 28 heavy (non-hydrogen) atoms. The first-order valence-corrected chi connectivity index (χ1v) is 9.43. The van der Waals surface area contributed by atoms with Crippen LogP contribution in [0.5, 0.6) is 23.0 Å².